The van der Waals surface area contributed by atoms with Crippen molar-refractivity contribution in [1.82, 2.24) is 40.4 Å². The number of alkyl carbamates (subject to hydrolysis) is 2. The number of carbonyl (C=O) groups is 4. The Balaban J connectivity index is 0.893. The molecule has 8 rings (SSSR count). The summed E-state index contributed by atoms with van der Waals surface area (Å²) in [5, 5.41) is 6.00. The van der Waals surface area contributed by atoms with Gasteiger partial charge in [0.2, 0.25) is 5.91 Å². The van der Waals surface area contributed by atoms with E-state index in [9.17, 15) is 19.2 Å². The number of methoxy groups -OCH3 is 2. The number of thioether (sulfide) groups is 2. The van der Waals surface area contributed by atoms with Crippen LogP contribution in [0.5, 0.6) is 0 Å². The van der Waals surface area contributed by atoms with Crippen LogP contribution in [-0.4, -0.2) is 97.6 Å². The van der Waals surface area contributed by atoms with Gasteiger partial charge in [0.25, 0.3) is 5.91 Å². The van der Waals surface area contributed by atoms with Gasteiger partial charge in [-0.15, -0.1) is 23.5 Å². The van der Waals surface area contributed by atoms with Crippen molar-refractivity contribution in [2.75, 3.05) is 27.3 Å². The van der Waals surface area contributed by atoms with Crippen LogP contribution in [0.4, 0.5) is 9.59 Å². The number of H-pyrrole nitrogens is 2. The second kappa shape index (κ2) is 17.4. The third-order valence-electron chi connectivity index (χ3n) is 11.3. The van der Waals surface area contributed by atoms with Crippen molar-refractivity contribution in [2.24, 2.45) is 5.92 Å². The topological polar surface area (TPSA) is 175 Å². The molecule has 2 aromatic carbocycles. The number of carbonyl (C=O) groups excluding carboxylic acids is 4. The molecule has 14 nitrogen and oxygen atoms in total. The molecule has 4 amide bonds. The number of imidazole rings is 2. The zero-order chi connectivity index (χ0) is 41.2. The molecule has 0 bridgehead atoms. The van der Waals surface area contributed by atoms with Gasteiger partial charge in [0.05, 0.1) is 50.1 Å². The van der Waals surface area contributed by atoms with E-state index >= 15 is 0 Å². The number of benzene rings is 2. The Kier molecular flexibility index (Phi) is 11.9. The average molecular weight is 837 g/mol. The van der Waals surface area contributed by atoms with Crippen molar-refractivity contribution in [3.63, 3.8) is 0 Å². The fourth-order valence-corrected chi connectivity index (χ4v) is 11.1. The number of aromatic nitrogens is 4. The first-order valence-corrected chi connectivity index (χ1v) is 21.7. The Morgan fingerprint density at radius 2 is 1.25 bits per heavy atom. The van der Waals surface area contributed by atoms with Crippen molar-refractivity contribution >= 4 is 57.3 Å². The van der Waals surface area contributed by atoms with Crippen LogP contribution in [0.15, 0.2) is 79.1 Å². The maximum Gasteiger partial charge on any atom is 0.407 e. The summed E-state index contributed by atoms with van der Waals surface area (Å²) in [4.78, 5) is 74.1. The first kappa shape index (κ1) is 40.3. The van der Waals surface area contributed by atoms with Gasteiger partial charge >= 0.3 is 12.2 Å². The summed E-state index contributed by atoms with van der Waals surface area (Å²) < 4.78 is 9.60. The number of rotatable bonds is 11. The molecule has 59 heavy (non-hydrogen) atoms. The lowest BCUT2D eigenvalue weighted by atomic mass is 10.0. The van der Waals surface area contributed by atoms with E-state index in [-0.39, 0.29) is 40.3 Å². The molecule has 4 N–H and O–H groups in total. The number of aromatic amines is 2. The molecule has 2 saturated heterocycles. The Morgan fingerprint density at radius 1 is 0.712 bits per heavy atom. The predicted molar refractivity (Wildman–Crippen MR) is 228 cm³/mol. The molecule has 6 atom stereocenters. The number of ether oxygens (including phenoxy) is 2. The number of nitrogens with one attached hydrogen (secondary N) is 4. The summed E-state index contributed by atoms with van der Waals surface area (Å²) in [5.74, 6) is 1.05. The van der Waals surface area contributed by atoms with Crippen molar-refractivity contribution in [2.45, 2.75) is 74.2 Å². The lowest BCUT2D eigenvalue weighted by Crippen LogP contribution is -2.51. The van der Waals surface area contributed by atoms with Gasteiger partial charge < -0.3 is 39.9 Å². The molecule has 0 spiro atoms. The van der Waals surface area contributed by atoms with Gasteiger partial charge in [-0.1, -0.05) is 80.6 Å². The van der Waals surface area contributed by atoms with E-state index in [0.29, 0.717) is 24.5 Å². The van der Waals surface area contributed by atoms with Crippen molar-refractivity contribution in [1.29, 1.82) is 0 Å². The quantitative estimate of drug-likeness (QED) is 0.121. The minimum absolute atomic E-state index is 0.0967. The van der Waals surface area contributed by atoms with E-state index in [1.54, 1.807) is 4.90 Å². The van der Waals surface area contributed by atoms with Crippen molar-refractivity contribution in [3.8, 4) is 11.3 Å². The molecular formula is C43H48N8O6S2. The number of amides is 4. The summed E-state index contributed by atoms with van der Waals surface area (Å²) in [6.07, 6.45) is 10.3. The highest BCUT2D eigenvalue weighted by atomic mass is 32.2. The molecule has 2 aromatic heterocycles. The summed E-state index contributed by atoms with van der Waals surface area (Å²) in [6.45, 7) is 4.99. The minimum Gasteiger partial charge on any atom is -0.453 e. The van der Waals surface area contributed by atoms with E-state index in [1.165, 1.54) is 19.1 Å². The second-order valence-electron chi connectivity index (χ2n) is 15.4. The van der Waals surface area contributed by atoms with Crippen molar-refractivity contribution in [3.05, 3.63) is 108 Å². The largest absolute Gasteiger partial charge is 0.453 e. The number of hydrogen-bond donors (Lipinski definition) is 4. The van der Waals surface area contributed by atoms with Gasteiger partial charge in [-0.2, -0.15) is 0 Å². The fourth-order valence-electron chi connectivity index (χ4n) is 8.26. The number of fused-ring (bicyclic) bond motifs is 1. The van der Waals surface area contributed by atoms with Crippen LogP contribution in [0, 0.1) is 5.92 Å². The molecule has 2 fully saturated rings. The minimum atomic E-state index is -0.873. The summed E-state index contributed by atoms with van der Waals surface area (Å²) in [6, 6.07) is 15.7. The second-order valence-corrected chi connectivity index (χ2v) is 17.8. The van der Waals surface area contributed by atoms with Gasteiger partial charge in [-0.3, -0.25) is 9.59 Å². The third kappa shape index (κ3) is 8.37. The molecule has 2 unspecified atom stereocenters. The zero-order valence-corrected chi connectivity index (χ0v) is 35.0. The first-order valence-electron chi connectivity index (χ1n) is 19.9. The highest BCUT2D eigenvalue weighted by Gasteiger charge is 2.40. The molecule has 308 valence electrons. The summed E-state index contributed by atoms with van der Waals surface area (Å²) in [5.41, 5.74) is 4.65. The maximum absolute atomic E-state index is 13.9. The molecule has 0 aliphatic carbocycles. The van der Waals surface area contributed by atoms with E-state index in [2.05, 4.69) is 57.0 Å². The SMILES string of the molecule is COC(=O)N[C@H](C(=O)N1CCC[C@H]1c1ncc(C2=CC3SC(c4ccc(-c5cnc([C@@H]6CCCN6C(=O)[C@H](NC(=O)OC)c6ccccc6)[nH]5)cc4)=CC3S2)[nH]1)C(C)C. The monoisotopic (exact) mass is 836 g/mol. The van der Waals surface area contributed by atoms with Crippen LogP contribution in [0.2, 0.25) is 0 Å². The Hall–Kier alpha value is -5.48. The van der Waals surface area contributed by atoms with Gasteiger partial charge in [0.1, 0.15) is 23.7 Å². The van der Waals surface area contributed by atoms with Crippen LogP contribution in [-0.2, 0) is 19.1 Å². The number of hydrogen-bond acceptors (Lipinski definition) is 10. The van der Waals surface area contributed by atoms with E-state index < -0.39 is 24.3 Å². The highest BCUT2D eigenvalue weighted by molar-refractivity contribution is 8.14. The zero-order valence-electron chi connectivity index (χ0n) is 33.3. The fraction of sp³-hybridized carbons (Fsp3) is 0.395. The van der Waals surface area contributed by atoms with Crippen LogP contribution in [0.1, 0.15) is 86.1 Å². The highest BCUT2D eigenvalue weighted by Crippen LogP contribution is 2.53. The molecule has 6 heterocycles. The normalized spacial score (nSPS) is 22.1. The number of nitrogens with zero attached hydrogens (tertiary/aromatic N) is 4. The van der Waals surface area contributed by atoms with E-state index in [0.717, 1.165) is 58.9 Å². The lowest BCUT2D eigenvalue weighted by molar-refractivity contribution is -0.135. The number of likely N-dealkylation sites (tertiary alicyclic amines) is 2. The van der Waals surface area contributed by atoms with Crippen LogP contribution >= 0.6 is 23.5 Å². The molecule has 0 radical (unpaired) electrons. The Bertz CT molecular complexity index is 2260. The van der Waals surface area contributed by atoms with Crippen molar-refractivity contribution < 1.29 is 28.7 Å². The molecular weight excluding hydrogens is 789 g/mol. The smallest absolute Gasteiger partial charge is 0.407 e. The van der Waals surface area contributed by atoms with Crippen LogP contribution in [0.25, 0.3) is 21.1 Å². The predicted octanol–water partition coefficient (Wildman–Crippen LogP) is 7.22. The van der Waals surface area contributed by atoms with E-state index in [4.69, 9.17) is 19.4 Å². The molecule has 4 aromatic rings. The molecule has 4 aliphatic heterocycles. The van der Waals surface area contributed by atoms with Gasteiger partial charge in [0, 0.05) is 33.4 Å². The molecule has 4 aliphatic rings. The van der Waals surface area contributed by atoms with Crippen LogP contribution < -0.4 is 10.6 Å². The summed E-state index contributed by atoms with van der Waals surface area (Å²) >= 11 is 3.67. The van der Waals surface area contributed by atoms with E-state index in [1.807, 2.05) is 85.0 Å². The lowest BCUT2D eigenvalue weighted by Gasteiger charge is -2.30. The first-order chi connectivity index (χ1) is 28.6. The Morgan fingerprint density at radius 3 is 1.88 bits per heavy atom. The Labute approximate surface area is 351 Å². The van der Waals surface area contributed by atoms with Crippen LogP contribution in [0.3, 0.4) is 0 Å². The average Bonchev–Trinajstić information content (AvgIpc) is 4.10. The molecule has 16 heteroatoms. The standard InChI is InChI=1S/C43H48N8O6S2/c1-24(2)36(48-42(54)56-3)40(52)50-18-8-13-31(50)39-45-23-29(47-39)33-21-35-34(59-33)20-32(58-35)26-16-14-25(15-17-26)28-22-44-38(46-28)30-12-9-19-51(30)41(53)37(49-43(55)57-4)27-10-6-5-7-11-27/h5-7,10-11,14-17,20-24,30-31,34-37H,8-9,12-13,18-19H2,1-4H3,(H,44,46)(H,45,47)(H,48,54)(H,49,55)/t30-,31-,34?,35?,36-,37+/m0/s1. The van der Waals surface area contributed by atoms with Gasteiger partial charge in [-0.05, 0) is 48.3 Å². The molecule has 0 saturated carbocycles. The summed E-state index contributed by atoms with van der Waals surface area (Å²) in [7, 11) is 2.58. The van der Waals surface area contributed by atoms with Gasteiger partial charge in [-0.25, -0.2) is 19.6 Å². The van der Waals surface area contributed by atoms with Gasteiger partial charge in [0.15, 0.2) is 0 Å². The maximum atomic E-state index is 13.9. The third-order valence-corrected chi connectivity index (χ3v) is 14.2.